The number of hydrogen-bond donors (Lipinski definition) is 1. The van der Waals surface area contributed by atoms with Crippen LogP contribution in [0.5, 0.6) is 0 Å². The molecule has 0 radical (unpaired) electrons. The summed E-state index contributed by atoms with van der Waals surface area (Å²) in [5.74, 6) is 1.23. The molecule has 1 aromatic carbocycles. The highest BCUT2D eigenvalue weighted by Crippen LogP contribution is 2.35. The van der Waals surface area contributed by atoms with Gasteiger partial charge in [0.2, 0.25) is 0 Å². The molecule has 3 rings (SSSR count). The highest BCUT2D eigenvalue weighted by molar-refractivity contribution is 5.79. The molecule has 1 heterocycles. The van der Waals surface area contributed by atoms with Gasteiger partial charge in [-0.25, -0.2) is 4.98 Å². The predicted octanol–water partition coefficient (Wildman–Crippen LogP) is 4.32. The zero-order valence-electron chi connectivity index (χ0n) is 12.8. The number of benzene rings is 1. The summed E-state index contributed by atoms with van der Waals surface area (Å²) in [6.45, 7) is 6.83. The molecule has 3 nitrogen and oxygen atoms in total. The van der Waals surface area contributed by atoms with E-state index in [-0.39, 0.29) is 5.41 Å². The summed E-state index contributed by atoms with van der Waals surface area (Å²) >= 11 is 0. The highest BCUT2D eigenvalue weighted by atomic mass is 15.1. The van der Waals surface area contributed by atoms with Crippen LogP contribution >= 0.6 is 0 Å². The van der Waals surface area contributed by atoms with Crippen molar-refractivity contribution in [2.75, 3.05) is 5.73 Å². The van der Waals surface area contributed by atoms with Crippen molar-refractivity contribution in [3.05, 3.63) is 24.0 Å². The van der Waals surface area contributed by atoms with E-state index >= 15 is 0 Å². The van der Waals surface area contributed by atoms with Gasteiger partial charge in [0.15, 0.2) is 0 Å². The number of fused-ring (bicyclic) bond motifs is 1. The van der Waals surface area contributed by atoms with Gasteiger partial charge in [0.25, 0.3) is 0 Å². The minimum atomic E-state index is 0.253. The van der Waals surface area contributed by atoms with Crippen LogP contribution in [0.2, 0.25) is 0 Å². The van der Waals surface area contributed by atoms with Crippen LogP contribution in [0, 0.1) is 5.41 Å². The Balaban J connectivity index is 2.13. The van der Waals surface area contributed by atoms with Crippen molar-refractivity contribution < 1.29 is 0 Å². The fourth-order valence-corrected chi connectivity index (χ4v) is 3.33. The van der Waals surface area contributed by atoms with Crippen LogP contribution < -0.4 is 5.73 Å². The van der Waals surface area contributed by atoms with Crippen molar-refractivity contribution >= 4 is 16.7 Å². The summed E-state index contributed by atoms with van der Waals surface area (Å²) in [5.41, 5.74) is 9.28. The average Bonchev–Trinajstić information content (AvgIpc) is 2.92. The third-order valence-electron chi connectivity index (χ3n) is 4.16. The number of rotatable bonds is 2. The monoisotopic (exact) mass is 271 g/mol. The molecule has 1 aromatic heterocycles. The summed E-state index contributed by atoms with van der Waals surface area (Å²) in [4.78, 5) is 4.89. The first kappa shape index (κ1) is 13.5. The van der Waals surface area contributed by atoms with E-state index < -0.39 is 0 Å². The van der Waals surface area contributed by atoms with Gasteiger partial charge in [-0.05, 0) is 36.5 Å². The Morgan fingerprint density at radius 2 is 1.95 bits per heavy atom. The summed E-state index contributed by atoms with van der Waals surface area (Å²) in [6, 6.07) is 6.77. The van der Waals surface area contributed by atoms with Crippen LogP contribution in [-0.4, -0.2) is 9.55 Å². The molecule has 1 saturated carbocycles. The molecule has 3 heteroatoms. The molecule has 0 saturated heterocycles. The lowest BCUT2D eigenvalue weighted by Crippen LogP contribution is -2.16. The number of nitrogen functional groups attached to an aromatic ring is 1. The Hall–Kier alpha value is -1.51. The van der Waals surface area contributed by atoms with Gasteiger partial charge in [-0.15, -0.1) is 0 Å². The van der Waals surface area contributed by atoms with Crippen LogP contribution in [-0.2, 0) is 6.42 Å². The molecule has 0 aliphatic heterocycles. The smallest absolute Gasteiger partial charge is 0.110 e. The van der Waals surface area contributed by atoms with Crippen LogP contribution in [0.3, 0.4) is 0 Å². The predicted molar refractivity (Wildman–Crippen MR) is 84.8 cm³/mol. The van der Waals surface area contributed by atoms with Gasteiger partial charge in [0.1, 0.15) is 5.82 Å². The first-order valence-electron chi connectivity index (χ1n) is 7.70. The first-order chi connectivity index (χ1) is 9.44. The average molecular weight is 271 g/mol. The van der Waals surface area contributed by atoms with Crippen LogP contribution in [0.25, 0.3) is 11.0 Å². The van der Waals surface area contributed by atoms with Gasteiger partial charge in [0.05, 0.1) is 11.0 Å². The third kappa shape index (κ3) is 2.54. The second-order valence-corrected chi connectivity index (χ2v) is 7.32. The molecule has 0 spiro atoms. The van der Waals surface area contributed by atoms with Crippen LogP contribution in [0.1, 0.15) is 58.3 Å². The highest BCUT2D eigenvalue weighted by Gasteiger charge is 2.25. The minimum absolute atomic E-state index is 0.253. The Kier molecular flexibility index (Phi) is 3.23. The first-order valence-corrected chi connectivity index (χ1v) is 7.70. The van der Waals surface area contributed by atoms with Crippen LogP contribution in [0.15, 0.2) is 18.2 Å². The van der Waals surface area contributed by atoms with E-state index in [0.717, 1.165) is 17.6 Å². The lowest BCUT2D eigenvalue weighted by Gasteiger charge is -2.22. The molecule has 1 aliphatic carbocycles. The molecule has 0 bridgehead atoms. The normalized spacial score (nSPS) is 17.1. The zero-order valence-corrected chi connectivity index (χ0v) is 12.8. The number of imidazole rings is 1. The summed E-state index contributed by atoms with van der Waals surface area (Å²) < 4.78 is 2.49. The minimum Gasteiger partial charge on any atom is -0.399 e. The topological polar surface area (TPSA) is 43.8 Å². The van der Waals surface area contributed by atoms with E-state index in [0.29, 0.717) is 6.04 Å². The molecular weight excluding hydrogens is 246 g/mol. The number of hydrogen-bond acceptors (Lipinski definition) is 2. The second-order valence-electron chi connectivity index (χ2n) is 7.32. The molecule has 0 amide bonds. The number of nitrogens with two attached hydrogens (primary N) is 1. The van der Waals surface area contributed by atoms with Gasteiger partial charge in [-0.3, -0.25) is 0 Å². The van der Waals surface area contributed by atoms with E-state index in [2.05, 4.69) is 31.4 Å². The van der Waals surface area contributed by atoms with Crippen molar-refractivity contribution in [3.63, 3.8) is 0 Å². The molecule has 0 atom stereocenters. The number of nitrogens with zero attached hydrogens (tertiary/aromatic N) is 2. The SMILES string of the molecule is CC(C)(C)Cc1nc2cc(N)ccc2n1C1CCCC1. The molecule has 1 fully saturated rings. The molecule has 108 valence electrons. The lowest BCUT2D eigenvalue weighted by molar-refractivity contribution is 0.382. The standard InChI is InChI=1S/C17H25N3/c1-17(2,3)11-16-19-14-10-12(18)8-9-15(14)20(16)13-6-4-5-7-13/h8-10,13H,4-7,11,18H2,1-3H3. The fourth-order valence-electron chi connectivity index (χ4n) is 3.33. The molecule has 1 aliphatic rings. The Bertz CT molecular complexity index is 613. The van der Waals surface area contributed by atoms with Gasteiger partial charge in [-0.2, -0.15) is 0 Å². The van der Waals surface area contributed by atoms with Gasteiger partial charge < -0.3 is 10.3 Å². The Morgan fingerprint density at radius 3 is 2.60 bits per heavy atom. The van der Waals surface area contributed by atoms with Crippen molar-refractivity contribution in [2.24, 2.45) is 5.41 Å². The molecule has 20 heavy (non-hydrogen) atoms. The molecule has 0 unspecified atom stereocenters. The Labute approximate surface area is 121 Å². The van der Waals surface area contributed by atoms with Crippen molar-refractivity contribution in [3.8, 4) is 0 Å². The van der Waals surface area contributed by atoms with Crippen molar-refractivity contribution in [2.45, 2.75) is 58.9 Å². The third-order valence-corrected chi connectivity index (χ3v) is 4.16. The summed E-state index contributed by atoms with van der Waals surface area (Å²) in [5, 5.41) is 0. The van der Waals surface area contributed by atoms with Gasteiger partial charge >= 0.3 is 0 Å². The lowest BCUT2D eigenvalue weighted by atomic mass is 9.92. The van der Waals surface area contributed by atoms with E-state index in [9.17, 15) is 0 Å². The maximum Gasteiger partial charge on any atom is 0.110 e. The second kappa shape index (κ2) is 4.80. The maximum absolute atomic E-state index is 5.91. The molecular formula is C17H25N3. The van der Waals surface area contributed by atoms with E-state index in [1.165, 1.54) is 37.0 Å². The largest absolute Gasteiger partial charge is 0.399 e. The number of anilines is 1. The quantitative estimate of drug-likeness (QED) is 0.826. The van der Waals surface area contributed by atoms with Crippen LogP contribution in [0.4, 0.5) is 5.69 Å². The fraction of sp³-hybridized carbons (Fsp3) is 0.588. The number of aromatic nitrogens is 2. The molecule has 2 aromatic rings. The van der Waals surface area contributed by atoms with Gasteiger partial charge in [-0.1, -0.05) is 33.6 Å². The summed E-state index contributed by atoms with van der Waals surface area (Å²) in [6.07, 6.45) is 6.26. The maximum atomic E-state index is 5.91. The molecule has 2 N–H and O–H groups in total. The Morgan fingerprint density at radius 1 is 1.25 bits per heavy atom. The van der Waals surface area contributed by atoms with Crippen molar-refractivity contribution in [1.29, 1.82) is 0 Å². The van der Waals surface area contributed by atoms with E-state index in [1.807, 2.05) is 12.1 Å². The van der Waals surface area contributed by atoms with Gasteiger partial charge in [0, 0.05) is 18.2 Å². The summed E-state index contributed by atoms with van der Waals surface area (Å²) in [7, 11) is 0. The van der Waals surface area contributed by atoms with E-state index in [4.69, 9.17) is 10.7 Å². The van der Waals surface area contributed by atoms with Crippen molar-refractivity contribution in [1.82, 2.24) is 9.55 Å². The van der Waals surface area contributed by atoms with E-state index in [1.54, 1.807) is 0 Å². The zero-order chi connectivity index (χ0) is 14.3.